The molecule has 5 aromatic rings. The fourth-order valence-electron chi connectivity index (χ4n) is 3.83. The average Bonchev–Trinajstić information content (AvgIpc) is 3.24. The van der Waals surface area contributed by atoms with Crippen LogP contribution in [0, 0.1) is 25.6 Å². The maximum atomic E-state index is 14.4. The van der Waals surface area contributed by atoms with E-state index in [4.69, 9.17) is 5.10 Å². The van der Waals surface area contributed by atoms with Crippen molar-refractivity contribution < 1.29 is 8.78 Å². The lowest BCUT2D eigenvalue weighted by Crippen LogP contribution is -1.99. The summed E-state index contributed by atoms with van der Waals surface area (Å²) < 4.78 is 31.2. The van der Waals surface area contributed by atoms with Crippen molar-refractivity contribution >= 4 is 21.8 Å². The lowest BCUT2D eigenvalue weighted by Gasteiger charge is -2.04. The van der Waals surface area contributed by atoms with Gasteiger partial charge in [-0.15, -0.1) is 0 Å². The van der Waals surface area contributed by atoms with Gasteiger partial charge < -0.3 is 0 Å². The van der Waals surface area contributed by atoms with Crippen molar-refractivity contribution in [2.45, 2.75) is 13.8 Å². The van der Waals surface area contributed by atoms with Gasteiger partial charge in [0.25, 0.3) is 0 Å². The molecular formula is C22H17F2N5. The summed E-state index contributed by atoms with van der Waals surface area (Å²) in [6, 6.07) is 12.1. The monoisotopic (exact) mass is 389 g/mol. The molecule has 0 amide bonds. The summed E-state index contributed by atoms with van der Waals surface area (Å²) in [4.78, 5) is 3.76. The quantitative estimate of drug-likeness (QED) is 0.405. The topological polar surface area (TPSA) is 48.5 Å². The van der Waals surface area contributed by atoms with Crippen molar-refractivity contribution in [2.75, 3.05) is 0 Å². The van der Waals surface area contributed by atoms with Gasteiger partial charge in [0, 0.05) is 29.1 Å². The average molecular weight is 389 g/mol. The Kier molecular flexibility index (Phi) is 3.74. The highest BCUT2D eigenvalue weighted by molar-refractivity contribution is 6.04. The fraction of sp³-hybridized carbons (Fsp3) is 0.136. The number of aryl methyl sites for hydroxylation is 3. The Morgan fingerprint density at radius 3 is 2.52 bits per heavy atom. The third-order valence-electron chi connectivity index (χ3n) is 5.34. The van der Waals surface area contributed by atoms with E-state index in [1.165, 1.54) is 18.3 Å². The molecular weight excluding hydrogens is 372 g/mol. The van der Waals surface area contributed by atoms with Gasteiger partial charge in [-0.1, -0.05) is 18.2 Å². The summed E-state index contributed by atoms with van der Waals surface area (Å²) in [7, 11) is 1.80. The molecule has 0 radical (unpaired) electrons. The van der Waals surface area contributed by atoms with Gasteiger partial charge in [0.1, 0.15) is 11.2 Å². The first kappa shape index (κ1) is 17.5. The van der Waals surface area contributed by atoms with Gasteiger partial charge in [0.15, 0.2) is 5.82 Å². The number of fused-ring (bicyclic) bond motifs is 2. The van der Waals surface area contributed by atoms with Gasteiger partial charge in [-0.25, -0.2) is 14.1 Å². The standard InChI is InChI=1S/C22H17F2N5/c1-12-5-4-6-16-20(27-29(22(12)16)14-7-10-18(24)25-11-14)15-8-9-17(23)21-19(15)13(2)28(3)26-21/h4-11H,1-3H3. The summed E-state index contributed by atoms with van der Waals surface area (Å²) in [6.07, 6.45) is 1.45. The van der Waals surface area contributed by atoms with E-state index in [0.29, 0.717) is 16.9 Å². The van der Waals surface area contributed by atoms with E-state index in [-0.39, 0.29) is 5.82 Å². The van der Waals surface area contributed by atoms with Crippen molar-refractivity contribution in [3.63, 3.8) is 0 Å². The van der Waals surface area contributed by atoms with E-state index >= 15 is 0 Å². The van der Waals surface area contributed by atoms with E-state index in [1.54, 1.807) is 28.5 Å². The van der Waals surface area contributed by atoms with Crippen LogP contribution in [0.4, 0.5) is 8.78 Å². The van der Waals surface area contributed by atoms with Crippen LogP contribution < -0.4 is 0 Å². The van der Waals surface area contributed by atoms with Gasteiger partial charge in [-0.3, -0.25) is 4.68 Å². The van der Waals surface area contributed by atoms with E-state index in [1.807, 2.05) is 32.0 Å². The Balaban J connectivity index is 1.89. The van der Waals surface area contributed by atoms with Crippen LogP contribution in [0.2, 0.25) is 0 Å². The van der Waals surface area contributed by atoms with E-state index in [2.05, 4.69) is 10.1 Å². The molecule has 0 aliphatic heterocycles. The Morgan fingerprint density at radius 2 is 1.76 bits per heavy atom. The maximum Gasteiger partial charge on any atom is 0.212 e. The second kappa shape index (κ2) is 6.20. The SMILES string of the molecule is Cc1cccc2c(-c3ccc(F)c4nn(C)c(C)c34)nn(-c3ccc(F)nc3)c12. The molecule has 0 spiro atoms. The fourth-order valence-corrected chi connectivity index (χ4v) is 3.83. The molecule has 5 rings (SSSR count). The number of hydrogen-bond acceptors (Lipinski definition) is 3. The first-order valence-corrected chi connectivity index (χ1v) is 9.18. The van der Waals surface area contributed by atoms with Crippen LogP contribution in [0.3, 0.4) is 0 Å². The van der Waals surface area contributed by atoms with E-state index < -0.39 is 5.95 Å². The van der Waals surface area contributed by atoms with Crippen LogP contribution in [0.1, 0.15) is 11.3 Å². The molecule has 7 heteroatoms. The van der Waals surface area contributed by atoms with Crippen LogP contribution in [-0.4, -0.2) is 24.5 Å². The second-order valence-electron chi connectivity index (χ2n) is 7.10. The Labute approximate surface area is 165 Å². The minimum absolute atomic E-state index is 0.321. The molecule has 3 aromatic heterocycles. The zero-order valence-corrected chi connectivity index (χ0v) is 16.1. The van der Waals surface area contributed by atoms with Gasteiger partial charge in [-0.2, -0.15) is 14.6 Å². The largest absolute Gasteiger partial charge is 0.272 e. The summed E-state index contributed by atoms with van der Waals surface area (Å²) in [5.74, 6) is -0.913. The van der Waals surface area contributed by atoms with Gasteiger partial charge in [0.2, 0.25) is 5.95 Å². The molecule has 0 unspecified atom stereocenters. The van der Waals surface area contributed by atoms with Crippen LogP contribution in [0.25, 0.3) is 38.8 Å². The molecule has 0 fully saturated rings. The minimum atomic E-state index is -0.548. The van der Waals surface area contributed by atoms with Crippen LogP contribution >= 0.6 is 0 Å². The molecule has 3 heterocycles. The molecule has 0 bridgehead atoms. The highest BCUT2D eigenvalue weighted by Gasteiger charge is 2.21. The third-order valence-corrected chi connectivity index (χ3v) is 5.34. The summed E-state index contributed by atoms with van der Waals surface area (Å²) in [5, 5.41) is 10.8. The van der Waals surface area contributed by atoms with E-state index in [0.717, 1.165) is 33.1 Å². The molecule has 0 atom stereocenters. The molecule has 0 aliphatic carbocycles. The zero-order chi connectivity index (χ0) is 20.3. The molecule has 0 saturated heterocycles. The normalized spacial score (nSPS) is 11.6. The zero-order valence-electron chi connectivity index (χ0n) is 16.1. The van der Waals surface area contributed by atoms with Gasteiger partial charge in [-0.05, 0) is 43.7 Å². The first-order chi connectivity index (χ1) is 14.0. The first-order valence-electron chi connectivity index (χ1n) is 9.18. The lowest BCUT2D eigenvalue weighted by atomic mass is 10.0. The van der Waals surface area contributed by atoms with Crippen LogP contribution in [-0.2, 0) is 7.05 Å². The second-order valence-corrected chi connectivity index (χ2v) is 7.10. The smallest absolute Gasteiger partial charge is 0.212 e. The van der Waals surface area contributed by atoms with Crippen molar-refractivity contribution in [3.8, 4) is 16.9 Å². The summed E-state index contributed by atoms with van der Waals surface area (Å²) >= 11 is 0. The van der Waals surface area contributed by atoms with Gasteiger partial charge in [0.05, 0.1) is 17.4 Å². The molecule has 5 nitrogen and oxygen atoms in total. The molecule has 0 N–H and O–H groups in total. The predicted molar refractivity (Wildman–Crippen MR) is 108 cm³/mol. The predicted octanol–water partition coefficient (Wildman–Crippen LogP) is 4.87. The van der Waals surface area contributed by atoms with Crippen molar-refractivity contribution in [1.82, 2.24) is 24.5 Å². The maximum absolute atomic E-state index is 14.4. The number of halogens is 2. The summed E-state index contributed by atoms with van der Waals surface area (Å²) in [5.41, 5.74) is 5.26. The number of hydrogen-bond donors (Lipinski definition) is 0. The Morgan fingerprint density at radius 1 is 0.931 bits per heavy atom. The van der Waals surface area contributed by atoms with Crippen molar-refractivity contribution in [3.05, 3.63) is 71.7 Å². The minimum Gasteiger partial charge on any atom is -0.272 e. The molecule has 0 saturated carbocycles. The number of pyridine rings is 1. The van der Waals surface area contributed by atoms with Gasteiger partial charge >= 0.3 is 0 Å². The van der Waals surface area contributed by atoms with Crippen molar-refractivity contribution in [1.29, 1.82) is 0 Å². The van der Waals surface area contributed by atoms with Crippen molar-refractivity contribution in [2.24, 2.45) is 7.05 Å². The molecule has 29 heavy (non-hydrogen) atoms. The Hall–Kier alpha value is -3.61. The molecule has 0 aliphatic rings. The van der Waals surface area contributed by atoms with Crippen LogP contribution in [0.5, 0.6) is 0 Å². The van der Waals surface area contributed by atoms with E-state index in [9.17, 15) is 8.78 Å². The number of nitrogens with zero attached hydrogens (tertiary/aromatic N) is 5. The number of para-hydroxylation sites is 1. The number of rotatable bonds is 2. The molecule has 2 aromatic carbocycles. The Bertz CT molecular complexity index is 1400. The highest BCUT2D eigenvalue weighted by atomic mass is 19.1. The third kappa shape index (κ3) is 2.54. The number of aromatic nitrogens is 5. The summed E-state index contributed by atoms with van der Waals surface area (Å²) in [6.45, 7) is 3.91. The highest BCUT2D eigenvalue weighted by Crippen LogP contribution is 2.37. The lowest BCUT2D eigenvalue weighted by molar-refractivity contribution is 0.582. The number of benzene rings is 2. The van der Waals surface area contributed by atoms with Crippen LogP contribution in [0.15, 0.2) is 48.7 Å². The molecule has 144 valence electrons.